The number of aliphatic carboxylic acids is 1. The van der Waals surface area contributed by atoms with Gasteiger partial charge < -0.3 is 5.11 Å². The first-order valence-corrected chi connectivity index (χ1v) is 11.0. The summed E-state index contributed by atoms with van der Waals surface area (Å²) >= 11 is 6.22. The second kappa shape index (κ2) is 7.73. The maximum Gasteiger partial charge on any atom is 0.313 e. The number of thioether (sulfide) groups is 1. The minimum Gasteiger partial charge on any atom is -0.481 e. The number of rotatable bonds is 5. The van der Waals surface area contributed by atoms with Crippen molar-refractivity contribution in [1.29, 1.82) is 0 Å². The highest BCUT2D eigenvalue weighted by molar-refractivity contribution is 9.10. The van der Waals surface area contributed by atoms with Gasteiger partial charge in [-0.3, -0.25) is 9.36 Å². The second-order valence-corrected chi connectivity index (χ2v) is 8.83. The van der Waals surface area contributed by atoms with Crippen LogP contribution in [0.15, 0.2) is 34.2 Å². The summed E-state index contributed by atoms with van der Waals surface area (Å²) in [6.45, 7) is 0. The number of halogens is 2. The van der Waals surface area contributed by atoms with Crippen molar-refractivity contribution >= 4 is 45.0 Å². The molecule has 4 rings (SSSR count). The lowest BCUT2D eigenvalue weighted by Gasteiger charge is -2.15. The number of hydrogen-bond donors (Lipinski definition) is 1. The van der Waals surface area contributed by atoms with Crippen molar-refractivity contribution in [2.24, 2.45) is 0 Å². The van der Waals surface area contributed by atoms with E-state index in [1.54, 1.807) is 23.5 Å². The maximum atomic E-state index is 13.4. The molecule has 0 bridgehead atoms. The van der Waals surface area contributed by atoms with E-state index in [4.69, 9.17) is 5.11 Å². The summed E-state index contributed by atoms with van der Waals surface area (Å²) in [5, 5.41) is 18.8. The molecule has 3 aromatic rings. The molecule has 2 aromatic heterocycles. The molecular weight excluding hydrogens is 453 g/mol. The van der Waals surface area contributed by atoms with E-state index in [2.05, 4.69) is 26.1 Å². The predicted molar refractivity (Wildman–Crippen MR) is 107 cm³/mol. The number of carbonyl (C=O) groups is 1. The Morgan fingerprint density at radius 1 is 1.22 bits per heavy atom. The normalized spacial score (nSPS) is 13.6. The van der Waals surface area contributed by atoms with Crippen LogP contribution in [0.1, 0.15) is 24.0 Å². The van der Waals surface area contributed by atoms with Crippen LogP contribution >= 0.6 is 39.0 Å². The first-order valence-electron chi connectivity index (χ1n) is 8.41. The Hall–Kier alpha value is -1.71. The van der Waals surface area contributed by atoms with Crippen LogP contribution in [0, 0.1) is 5.82 Å². The van der Waals surface area contributed by atoms with Gasteiger partial charge in [-0.1, -0.05) is 23.9 Å². The zero-order valence-electron chi connectivity index (χ0n) is 14.1. The van der Waals surface area contributed by atoms with Crippen molar-refractivity contribution in [3.05, 3.63) is 45.9 Å². The first kappa shape index (κ1) is 18.6. The Balaban J connectivity index is 1.84. The molecule has 9 heteroatoms. The summed E-state index contributed by atoms with van der Waals surface area (Å²) in [6, 6.07) is 6.57. The zero-order valence-corrected chi connectivity index (χ0v) is 17.3. The summed E-state index contributed by atoms with van der Waals surface area (Å²) in [5.41, 5.74) is 3.54. The van der Waals surface area contributed by atoms with Crippen molar-refractivity contribution in [3.63, 3.8) is 0 Å². The summed E-state index contributed by atoms with van der Waals surface area (Å²) in [4.78, 5) is 12.1. The van der Waals surface area contributed by atoms with Crippen LogP contribution in [0.3, 0.4) is 0 Å². The summed E-state index contributed by atoms with van der Waals surface area (Å²) in [7, 11) is 0. The van der Waals surface area contributed by atoms with Crippen LogP contribution in [0.5, 0.6) is 0 Å². The van der Waals surface area contributed by atoms with Crippen molar-refractivity contribution in [2.75, 3.05) is 5.75 Å². The molecule has 0 unspecified atom stereocenters. The van der Waals surface area contributed by atoms with Gasteiger partial charge in [0.05, 0.1) is 5.75 Å². The largest absolute Gasteiger partial charge is 0.481 e. The fourth-order valence-electron chi connectivity index (χ4n) is 3.27. The third-order valence-electron chi connectivity index (χ3n) is 4.43. The van der Waals surface area contributed by atoms with Crippen molar-refractivity contribution in [2.45, 2.75) is 30.8 Å². The number of carboxylic acids is 1. The SMILES string of the molecule is O=C(O)CSc1nnc(Br)n1-c1sc(-c2ccc(F)cc2)c2c1CCCC2. The second-order valence-electron chi connectivity index (χ2n) is 6.18. The molecule has 0 saturated heterocycles. The smallest absolute Gasteiger partial charge is 0.313 e. The minimum atomic E-state index is -0.897. The van der Waals surface area contributed by atoms with Gasteiger partial charge in [-0.05, 0) is 70.4 Å². The van der Waals surface area contributed by atoms with E-state index >= 15 is 0 Å². The lowest BCUT2D eigenvalue weighted by atomic mass is 9.91. The maximum absolute atomic E-state index is 13.4. The molecule has 0 aliphatic heterocycles. The molecule has 1 N–H and O–H groups in total. The third kappa shape index (κ3) is 3.68. The number of hydrogen-bond acceptors (Lipinski definition) is 5. The zero-order chi connectivity index (χ0) is 19.0. The van der Waals surface area contributed by atoms with Gasteiger partial charge in [0.15, 0.2) is 5.16 Å². The molecule has 0 atom stereocenters. The van der Waals surface area contributed by atoms with Crippen LogP contribution in [0.25, 0.3) is 15.4 Å². The van der Waals surface area contributed by atoms with Crippen molar-refractivity contribution < 1.29 is 14.3 Å². The highest BCUT2D eigenvalue weighted by Gasteiger charge is 2.26. The van der Waals surface area contributed by atoms with Gasteiger partial charge in [0.2, 0.25) is 4.73 Å². The van der Waals surface area contributed by atoms with Gasteiger partial charge in [0.1, 0.15) is 10.8 Å². The average Bonchev–Trinajstić information content (AvgIpc) is 3.21. The number of fused-ring (bicyclic) bond motifs is 1. The first-order chi connectivity index (χ1) is 13.0. The minimum absolute atomic E-state index is 0.0798. The van der Waals surface area contributed by atoms with E-state index in [1.165, 1.54) is 23.3 Å². The van der Waals surface area contributed by atoms with Crippen molar-refractivity contribution in [1.82, 2.24) is 14.8 Å². The molecule has 0 radical (unpaired) electrons. The van der Waals surface area contributed by atoms with Gasteiger partial charge in [0.25, 0.3) is 0 Å². The number of nitrogens with zero attached hydrogens (tertiary/aromatic N) is 3. The van der Waals surface area contributed by atoms with Gasteiger partial charge in [-0.25, -0.2) is 4.39 Å². The van der Waals surface area contributed by atoms with E-state index in [-0.39, 0.29) is 11.6 Å². The highest BCUT2D eigenvalue weighted by Crippen LogP contribution is 2.44. The Bertz CT molecular complexity index is 1000. The quantitative estimate of drug-likeness (QED) is 0.537. The van der Waals surface area contributed by atoms with E-state index in [0.717, 1.165) is 52.9 Å². The number of carboxylic acid groups (broad SMARTS) is 1. The van der Waals surface area contributed by atoms with E-state index in [1.807, 2.05) is 4.57 Å². The van der Waals surface area contributed by atoms with Gasteiger partial charge in [-0.15, -0.1) is 21.5 Å². The fourth-order valence-corrected chi connectivity index (χ4v) is 6.05. The van der Waals surface area contributed by atoms with Crippen LogP contribution in [0.4, 0.5) is 4.39 Å². The fraction of sp³-hybridized carbons (Fsp3) is 0.278. The highest BCUT2D eigenvalue weighted by atomic mass is 79.9. The molecule has 1 aliphatic rings. The predicted octanol–water partition coefficient (Wildman–Crippen LogP) is 4.95. The topological polar surface area (TPSA) is 68.0 Å². The average molecular weight is 468 g/mol. The molecule has 0 saturated carbocycles. The molecule has 140 valence electrons. The Morgan fingerprint density at radius 2 is 1.93 bits per heavy atom. The molecule has 0 amide bonds. The van der Waals surface area contributed by atoms with Crippen LogP contribution < -0.4 is 0 Å². The molecule has 1 aliphatic carbocycles. The number of benzene rings is 1. The summed E-state index contributed by atoms with van der Waals surface area (Å²) in [5.74, 6) is -1.23. The molecule has 5 nitrogen and oxygen atoms in total. The van der Waals surface area contributed by atoms with Crippen LogP contribution in [-0.4, -0.2) is 31.6 Å². The molecule has 1 aromatic carbocycles. The lowest BCUT2D eigenvalue weighted by Crippen LogP contribution is -2.06. The monoisotopic (exact) mass is 467 g/mol. The number of aromatic nitrogens is 3. The van der Waals surface area contributed by atoms with E-state index < -0.39 is 5.97 Å². The van der Waals surface area contributed by atoms with Crippen LogP contribution in [0.2, 0.25) is 0 Å². The van der Waals surface area contributed by atoms with Gasteiger partial charge in [0, 0.05) is 4.88 Å². The molecular formula is C18H15BrFN3O2S2. The van der Waals surface area contributed by atoms with E-state index in [0.29, 0.717) is 9.89 Å². The third-order valence-corrected chi connectivity index (χ3v) is 7.16. The summed E-state index contributed by atoms with van der Waals surface area (Å²) < 4.78 is 15.8. The standard InChI is InChI=1S/C18H15BrFN3O2S2/c19-17-21-22-18(26-9-14(24)25)23(17)16-13-4-2-1-3-12(13)15(27-16)10-5-7-11(20)8-6-10/h5-8H,1-4,9H2,(H,24,25). The molecule has 0 fully saturated rings. The summed E-state index contributed by atoms with van der Waals surface area (Å²) in [6.07, 6.45) is 4.17. The van der Waals surface area contributed by atoms with E-state index in [9.17, 15) is 9.18 Å². The Labute approximate surface area is 171 Å². The molecule has 2 heterocycles. The van der Waals surface area contributed by atoms with Crippen molar-refractivity contribution in [3.8, 4) is 15.4 Å². The molecule has 0 spiro atoms. The molecule has 27 heavy (non-hydrogen) atoms. The van der Waals surface area contributed by atoms with Crippen LogP contribution in [-0.2, 0) is 17.6 Å². The van der Waals surface area contributed by atoms with Gasteiger partial charge in [-0.2, -0.15) is 0 Å². The van der Waals surface area contributed by atoms with Gasteiger partial charge >= 0.3 is 5.97 Å². The lowest BCUT2D eigenvalue weighted by molar-refractivity contribution is -0.133. The number of thiophene rings is 1. The Morgan fingerprint density at radius 3 is 2.63 bits per heavy atom. The Kier molecular flexibility index (Phi) is 5.34.